The van der Waals surface area contributed by atoms with Gasteiger partial charge < -0.3 is 9.47 Å². The zero-order chi connectivity index (χ0) is 42.1. The molecular formula is C61H44N2. The standard InChI is InChI=1S/C61H44N2/c1-61(2)55-24-9-5-19-51(55)54-23-14-22-50(60(54)61)45-35-39-47(40-36-45)62(56-28-13-16-43-15-3-4-17-48(43)56)46-37-33-42(34-38-46)41-29-31-44(32-30-41)49-18-6-10-25-57(49)63-58-26-11-7-20-52(58)53-21-8-12-27-59(53)63/h3-40H,1-2H3. The van der Waals surface area contributed by atoms with Gasteiger partial charge in [0.1, 0.15) is 0 Å². The van der Waals surface area contributed by atoms with Crippen LogP contribution in [-0.2, 0) is 5.41 Å². The Morgan fingerprint density at radius 3 is 1.51 bits per heavy atom. The number of fused-ring (bicyclic) bond motifs is 7. The molecule has 12 rings (SSSR count). The molecule has 0 saturated heterocycles. The van der Waals surface area contributed by atoms with Gasteiger partial charge in [0.15, 0.2) is 0 Å². The zero-order valence-corrected chi connectivity index (χ0v) is 35.3. The number of hydrogen-bond donors (Lipinski definition) is 0. The van der Waals surface area contributed by atoms with Gasteiger partial charge in [-0.1, -0.05) is 196 Å². The maximum absolute atomic E-state index is 2.41. The number of rotatable bonds is 7. The summed E-state index contributed by atoms with van der Waals surface area (Å²) in [5.41, 5.74) is 19.6. The van der Waals surface area contributed by atoms with E-state index in [9.17, 15) is 0 Å². The molecule has 1 aromatic heterocycles. The van der Waals surface area contributed by atoms with Crippen molar-refractivity contribution in [2.45, 2.75) is 19.3 Å². The summed E-state index contributed by atoms with van der Waals surface area (Å²) in [6, 6.07) is 84.4. The molecule has 1 aliphatic rings. The Kier molecular flexibility index (Phi) is 8.55. The summed E-state index contributed by atoms with van der Waals surface area (Å²) in [5.74, 6) is 0. The van der Waals surface area contributed by atoms with E-state index < -0.39 is 0 Å². The predicted octanol–water partition coefficient (Wildman–Crippen LogP) is 16.7. The average Bonchev–Trinajstić information content (AvgIpc) is 3.80. The van der Waals surface area contributed by atoms with E-state index in [4.69, 9.17) is 0 Å². The number of anilines is 3. The predicted molar refractivity (Wildman–Crippen MR) is 267 cm³/mol. The molecule has 0 radical (unpaired) electrons. The Labute approximate surface area is 368 Å². The van der Waals surface area contributed by atoms with Crippen molar-refractivity contribution < 1.29 is 0 Å². The van der Waals surface area contributed by atoms with Gasteiger partial charge in [0.2, 0.25) is 0 Å². The molecule has 0 amide bonds. The van der Waals surface area contributed by atoms with Gasteiger partial charge in [-0.15, -0.1) is 0 Å². The fourth-order valence-electron chi connectivity index (χ4n) is 10.4. The molecule has 0 atom stereocenters. The van der Waals surface area contributed by atoms with E-state index in [1.807, 2.05) is 0 Å². The van der Waals surface area contributed by atoms with E-state index in [0.717, 1.165) is 17.1 Å². The number of para-hydroxylation sites is 3. The average molecular weight is 805 g/mol. The fraction of sp³-hybridized carbons (Fsp3) is 0.0492. The summed E-state index contributed by atoms with van der Waals surface area (Å²) in [6.45, 7) is 4.73. The Morgan fingerprint density at radius 1 is 0.349 bits per heavy atom. The van der Waals surface area contributed by atoms with E-state index in [1.165, 1.54) is 93.9 Å². The van der Waals surface area contributed by atoms with E-state index in [-0.39, 0.29) is 5.41 Å². The first kappa shape index (κ1) is 36.9. The van der Waals surface area contributed by atoms with Gasteiger partial charge in [0.25, 0.3) is 0 Å². The highest BCUT2D eigenvalue weighted by Gasteiger charge is 2.37. The van der Waals surface area contributed by atoms with Crippen LogP contribution in [0.1, 0.15) is 25.0 Å². The molecule has 11 aromatic rings. The first-order chi connectivity index (χ1) is 31.0. The van der Waals surface area contributed by atoms with Gasteiger partial charge in [0, 0.05) is 38.5 Å². The van der Waals surface area contributed by atoms with Crippen LogP contribution in [0.25, 0.3) is 82.8 Å². The summed E-state index contributed by atoms with van der Waals surface area (Å²) in [7, 11) is 0. The second-order valence-electron chi connectivity index (χ2n) is 17.3. The van der Waals surface area contributed by atoms with Crippen molar-refractivity contribution in [2.24, 2.45) is 0 Å². The van der Waals surface area contributed by atoms with Gasteiger partial charge in [-0.2, -0.15) is 0 Å². The number of aromatic nitrogens is 1. The van der Waals surface area contributed by atoms with E-state index in [1.54, 1.807) is 0 Å². The Balaban J connectivity index is 0.898. The summed E-state index contributed by atoms with van der Waals surface area (Å²) in [4.78, 5) is 2.40. The summed E-state index contributed by atoms with van der Waals surface area (Å²) >= 11 is 0. The van der Waals surface area contributed by atoms with Crippen molar-refractivity contribution >= 4 is 49.6 Å². The molecule has 0 saturated carbocycles. The van der Waals surface area contributed by atoms with Crippen LogP contribution in [0.2, 0.25) is 0 Å². The summed E-state index contributed by atoms with van der Waals surface area (Å²) in [5, 5.41) is 4.96. The SMILES string of the molecule is CC1(C)c2ccccc2-c2cccc(-c3ccc(N(c4ccc(-c5ccc(-c6ccccc6-n6c7ccccc7c7ccccc76)cc5)cc4)c4cccc5ccccc45)cc3)c21. The van der Waals surface area contributed by atoms with Crippen molar-refractivity contribution in [2.75, 3.05) is 4.90 Å². The number of benzene rings is 10. The number of hydrogen-bond acceptors (Lipinski definition) is 1. The molecule has 1 aliphatic carbocycles. The maximum Gasteiger partial charge on any atom is 0.0541 e. The lowest BCUT2D eigenvalue weighted by Gasteiger charge is -2.28. The lowest BCUT2D eigenvalue weighted by atomic mass is 9.79. The van der Waals surface area contributed by atoms with Crippen molar-refractivity contribution in [1.82, 2.24) is 4.57 Å². The molecule has 298 valence electrons. The molecule has 2 heteroatoms. The molecule has 0 bridgehead atoms. The highest BCUT2D eigenvalue weighted by atomic mass is 15.1. The van der Waals surface area contributed by atoms with Gasteiger partial charge in [-0.05, 0) is 104 Å². The molecule has 0 aliphatic heterocycles. The fourth-order valence-corrected chi connectivity index (χ4v) is 10.4. The smallest absolute Gasteiger partial charge is 0.0541 e. The second-order valence-corrected chi connectivity index (χ2v) is 17.3. The first-order valence-electron chi connectivity index (χ1n) is 21.9. The van der Waals surface area contributed by atoms with Crippen LogP contribution < -0.4 is 4.90 Å². The van der Waals surface area contributed by atoms with Gasteiger partial charge in [-0.3, -0.25) is 0 Å². The molecule has 2 nitrogen and oxygen atoms in total. The largest absolute Gasteiger partial charge is 0.310 e. The molecule has 0 fully saturated rings. The molecule has 0 unspecified atom stereocenters. The lowest BCUT2D eigenvalue weighted by molar-refractivity contribution is 0.662. The third-order valence-corrected chi connectivity index (χ3v) is 13.4. The minimum absolute atomic E-state index is 0.0871. The quantitative estimate of drug-likeness (QED) is 0.156. The van der Waals surface area contributed by atoms with Crippen molar-refractivity contribution in [3.05, 3.63) is 242 Å². The Morgan fingerprint density at radius 2 is 0.810 bits per heavy atom. The van der Waals surface area contributed by atoms with Crippen molar-refractivity contribution in [3.63, 3.8) is 0 Å². The van der Waals surface area contributed by atoms with Gasteiger partial charge in [0.05, 0.1) is 22.4 Å². The molecule has 0 spiro atoms. The van der Waals surface area contributed by atoms with Crippen LogP contribution in [0.4, 0.5) is 17.1 Å². The Bertz CT molecular complexity index is 3460. The molecule has 1 heterocycles. The van der Waals surface area contributed by atoms with Crippen LogP contribution >= 0.6 is 0 Å². The minimum Gasteiger partial charge on any atom is -0.310 e. The third-order valence-electron chi connectivity index (χ3n) is 13.4. The maximum atomic E-state index is 2.41. The molecule has 63 heavy (non-hydrogen) atoms. The number of nitrogens with zero attached hydrogens (tertiary/aromatic N) is 2. The van der Waals surface area contributed by atoms with Crippen LogP contribution in [-0.4, -0.2) is 4.57 Å². The van der Waals surface area contributed by atoms with Crippen LogP contribution in [0, 0.1) is 0 Å². The monoisotopic (exact) mass is 804 g/mol. The first-order valence-corrected chi connectivity index (χ1v) is 21.9. The minimum atomic E-state index is -0.0871. The highest BCUT2D eigenvalue weighted by Crippen LogP contribution is 2.52. The topological polar surface area (TPSA) is 8.17 Å². The Hall–Kier alpha value is -7.94. The van der Waals surface area contributed by atoms with Crippen molar-refractivity contribution in [3.8, 4) is 50.2 Å². The summed E-state index contributed by atoms with van der Waals surface area (Å²) in [6.07, 6.45) is 0. The zero-order valence-electron chi connectivity index (χ0n) is 35.3. The van der Waals surface area contributed by atoms with Crippen molar-refractivity contribution in [1.29, 1.82) is 0 Å². The summed E-state index contributed by atoms with van der Waals surface area (Å²) < 4.78 is 2.41. The molecule has 0 N–H and O–H groups in total. The lowest BCUT2D eigenvalue weighted by Crippen LogP contribution is -2.16. The normalized spacial score (nSPS) is 12.7. The second kappa shape index (κ2) is 14.6. The van der Waals surface area contributed by atoms with Crippen LogP contribution in [0.5, 0.6) is 0 Å². The van der Waals surface area contributed by atoms with Crippen LogP contribution in [0.15, 0.2) is 231 Å². The van der Waals surface area contributed by atoms with Crippen LogP contribution in [0.3, 0.4) is 0 Å². The van der Waals surface area contributed by atoms with Gasteiger partial charge in [-0.25, -0.2) is 0 Å². The highest BCUT2D eigenvalue weighted by molar-refractivity contribution is 6.10. The molecule has 10 aromatic carbocycles. The van der Waals surface area contributed by atoms with E-state index >= 15 is 0 Å². The van der Waals surface area contributed by atoms with Gasteiger partial charge >= 0.3 is 0 Å². The molecular weight excluding hydrogens is 761 g/mol. The van der Waals surface area contributed by atoms with E-state index in [0.29, 0.717) is 0 Å². The van der Waals surface area contributed by atoms with E-state index in [2.05, 4.69) is 254 Å². The third kappa shape index (κ3) is 5.94.